The average Bonchev–Trinajstić information content (AvgIpc) is 2.49. The predicted molar refractivity (Wildman–Crippen MR) is 87.0 cm³/mol. The SMILES string of the molecule is CN(C)CCCC1c2ccccc2SC=CN1C.Cl. The normalized spacial score (nSPS) is 17.9. The van der Waals surface area contributed by atoms with Gasteiger partial charge in [-0.3, -0.25) is 0 Å². The second kappa shape index (κ2) is 7.83. The van der Waals surface area contributed by atoms with E-state index in [1.807, 2.05) is 11.8 Å². The smallest absolute Gasteiger partial charge is 0.0545 e. The van der Waals surface area contributed by atoms with Crippen LogP contribution in [0.2, 0.25) is 0 Å². The minimum absolute atomic E-state index is 0. The zero-order chi connectivity index (χ0) is 13.0. The van der Waals surface area contributed by atoms with Crippen LogP contribution in [0.15, 0.2) is 40.8 Å². The van der Waals surface area contributed by atoms with E-state index in [2.05, 4.69) is 66.8 Å². The number of halogens is 1. The third kappa shape index (κ3) is 4.44. The van der Waals surface area contributed by atoms with Crippen LogP contribution in [-0.4, -0.2) is 37.5 Å². The predicted octanol–water partition coefficient (Wildman–Crippen LogP) is 4.00. The number of benzene rings is 1. The summed E-state index contributed by atoms with van der Waals surface area (Å²) in [7, 11) is 6.46. The molecule has 0 N–H and O–H groups in total. The lowest BCUT2D eigenvalue weighted by Gasteiger charge is -2.27. The summed E-state index contributed by atoms with van der Waals surface area (Å²) in [6.07, 6.45) is 4.64. The highest BCUT2D eigenvalue weighted by atomic mass is 35.5. The van der Waals surface area contributed by atoms with Gasteiger partial charge in [0.05, 0.1) is 6.04 Å². The zero-order valence-corrected chi connectivity index (χ0v) is 13.5. The van der Waals surface area contributed by atoms with Crippen LogP contribution in [0.5, 0.6) is 0 Å². The molecule has 1 aliphatic rings. The molecule has 1 unspecified atom stereocenters. The highest BCUT2D eigenvalue weighted by Crippen LogP contribution is 2.36. The molecule has 106 valence electrons. The monoisotopic (exact) mass is 298 g/mol. The number of nitrogens with zero attached hydrogens (tertiary/aromatic N) is 2. The highest BCUT2D eigenvalue weighted by molar-refractivity contribution is 8.02. The summed E-state index contributed by atoms with van der Waals surface area (Å²) in [5.74, 6) is 0. The Labute approximate surface area is 127 Å². The van der Waals surface area contributed by atoms with E-state index < -0.39 is 0 Å². The minimum Gasteiger partial charge on any atom is -0.373 e. The van der Waals surface area contributed by atoms with Gasteiger partial charge in [0.2, 0.25) is 0 Å². The Hall–Kier alpha value is -0.640. The Morgan fingerprint density at radius 1 is 1.26 bits per heavy atom. The molecule has 2 rings (SSSR count). The third-order valence-corrected chi connectivity index (χ3v) is 4.23. The van der Waals surface area contributed by atoms with Crippen LogP contribution in [0, 0.1) is 0 Å². The molecule has 4 heteroatoms. The first kappa shape index (κ1) is 16.4. The molecule has 1 aromatic carbocycles. The fraction of sp³-hybridized carbons (Fsp3) is 0.467. The van der Waals surface area contributed by atoms with Crippen LogP contribution < -0.4 is 0 Å². The van der Waals surface area contributed by atoms with E-state index >= 15 is 0 Å². The molecule has 0 saturated heterocycles. The van der Waals surface area contributed by atoms with Gasteiger partial charge in [-0.15, -0.1) is 12.4 Å². The van der Waals surface area contributed by atoms with Crippen LogP contribution in [0.4, 0.5) is 0 Å². The maximum Gasteiger partial charge on any atom is 0.0545 e. The van der Waals surface area contributed by atoms with E-state index in [1.54, 1.807) is 0 Å². The molecule has 1 atom stereocenters. The largest absolute Gasteiger partial charge is 0.373 e. The molecular formula is C15H23ClN2S. The van der Waals surface area contributed by atoms with Crippen LogP contribution >= 0.6 is 24.2 Å². The van der Waals surface area contributed by atoms with E-state index in [1.165, 1.54) is 23.3 Å². The Morgan fingerprint density at radius 2 is 2.00 bits per heavy atom. The Morgan fingerprint density at radius 3 is 2.74 bits per heavy atom. The average molecular weight is 299 g/mol. The van der Waals surface area contributed by atoms with Crippen LogP contribution in [0.25, 0.3) is 0 Å². The first-order valence-electron chi connectivity index (χ1n) is 6.47. The minimum atomic E-state index is 0. The second-order valence-corrected chi connectivity index (χ2v) is 6.02. The van der Waals surface area contributed by atoms with Crippen molar-refractivity contribution < 1.29 is 0 Å². The van der Waals surface area contributed by atoms with E-state index in [4.69, 9.17) is 0 Å². The molecule has 1 aliphatic heterocycles. The summed E-state index contributed by atoms with van der Waals surface area (Å²) >= 11 is 1.82. The van der Waals surface area contributed by atoms with E-state index in [0.29, 0.717) is 6.04 Å². The van der Waals surface area contributed by atoms with Crippen molar-refractivity contribution in [3.63, 3.8) is 0 Å². The zero-order valence-electron chi connectivity index (χ0n) is 11.9. The van der Waals surface area contributed by atoms with Crippen molar-refractivity contribution in [1.82, 2.24) is 9.80 Å². The lowest BCUT2D eigenvalue weighted by atomic mass is 10.0. The van der Waals surface area contributed by atoms with Crippen molar-refractivity contribution in [3.05, 3.63) is 41.4 Å². The van der Waals surface area contributed by atoms with Gasteiger partial charge in [-0.1, -0.05) is 30.0 Å². The fourth-order valence-corrected chi connectivity index (χ4v) is 3.24. The van der Waals surface area contributed by atoms with Crippen molar-refractivity contribution in [3.8, 4) is 0 Å². The summed E-state index contributed by atoms with van der Waals surface area (Å²) in [5, 5.41) is 2.19. The highest BCUT2D eigenvalue weighted by Gasteiger charge is 2.19. The summed E-state index contributed by atoms with van der Waals surface area (Å²) in [4.78, 5) is 6.00. The molecule has 0 aromatic heterocycles. The lowest BCUT2D eigenvalue weighted by Crippen LogP contribution is -2.21. The summed E-state index contributed by atoms with van der Waals surface area (Å²) in [6.45, 7) is 1.16. The van der Waals surface area contributed by atoms with Crippen molar-refractivity contribution in [2.75, 3.05) is 27.7 Å². The lowest BCUT2D eigenvalue weighted by molar-refractivity contribution is 0.292. The number of thioether (sulfide) groups is 1. The number of hydrogen-bond acceptors (Lipinski definition) is 3. The van der Waals surface area contributed by atoms with Gasteiger partial charge < -0.3 is 9.80 Å². The molecule has 0 aliphatic carbocycles. The topological polar surface area (TPSA) is 6.48 Å². The molecule has 0 saturated carbocycles. The van der Waals surface area contributed by atoms with Crippen molar-refractivity contribution in [2.24, 2.45) is 0 Å². The first-order valence-corrected chi connectivity index (χ1v) is 7.35. The van der Waals surface area contributed by atoms with Gasteiger partial charge in [0, 0.05) is 18.1 Å². The van der Waals surface area contributed by atoms with Crippen molar-refractivity contribution in [1.29, 1.82) is 0 Å². The standard InChI is InChI=1S/C15H22N2S.ClH/c1-16(2)10-6-8-14-13-7-4-5-9-15(13)18-12-11-17(14)3;/h4-5,7,9,11-12,14H,6,8,10H2,1-3H3;1H. The molecule has 0 amide bonds. The van der Waals surface area contributed by atoms with Crippen molar-refractivity contribution in [2.45, 2.75) is 23.8 Å². The quantitative estimate of drug-likeness (QED) is 0.829. The maximum absolute atomic E-state index is 2.34. The molecular weight excluding hydrogens is 276 g/mol. The Kier molecular flexibility index (Phi) is 6.76. The van der Waals surface area contributed by atoms with Gasteiger partial charge in [-0.2, -0.15) is 0 Å². The van der Waals surface area contributed by atoms with Gasteiger partial charge in [0.25, 0.3) is 0 Å². The third-order valence-electron chi connectivity index (χ3n) is 3.34. The first-order chi connectivity index (χ1) is 8.68. The molecule has 0 radical (unpaired) electrons. The fourth-order valence-electron chi connectivity index (χ4n) is 2.35. The summed E-state index contributed by atoms with van der Waals surface area (Å²) < 4.78 is 0. The molecule has 1 aromatic rings. The van der Waals surface area contributed by atoms with E-state index in [-0.39, 0.29) is 12.4 Å². The van der Waals surface area contributed by atoms with E-state index in [0.717, 1.165) is 6.54 Å². The molecule has 0 spiro atoms. The molecule has 0 bridgehead atoms. The summed E-state index contributed by atoms with van der Waals surface area (Å²) in [6, 6.07) is 9.28. The van der Waals surface area contributed by atoms with Crippen molar-refractivity contribution >= 4 is 24.2 Å². The Bertz CT molecular complexity index is 420. The molecule has 2 nitrogen and oxygen atoms in total. The molecule has 0 fully saturated rings. The maximum atomic E-state index is 2.34. The number of hydrogen-bond donors (Lipinski definition) is 0. The van der Waals surface area contributed by atoms with Gasteiger partial charge in [-0.25, -0.2) is 0 Å². The van der Waals surface area contributed by atoms with Gasteiger partial charge in [0.1, 0.15) is 0 Å². The van der Waals surface area contributed by atoms with E-state index in [9.17, 15) is 0 Å². The van der Waals surface area contributed by atoms with Crippen LogP contribution in [-0.2, 0) is 0 Å². The number of fused-ring (bicyclic) bond motifs is 1. The number of rotatable bonds is 4. The second-order valence-electron chi connectivity index (χ2n) is 5.07. The van der Waals surface area contributed by atoms with Gasteiger partial charge in [-0.05, 0) is 50.5 Å². The van der Waals surface area contributed by atoms with Gasteiger partial charge in [0.15, 0.2) is 0 Å². The Balaban J connectivity index is 0.00000180. The van der Waals surface area contributed by atoms with Crippen LogP contribution in [0.1, 0.15) is 24.4 Å². The van der Waals surface area contributed by atoms with Crippen LogP contribution in [0.3, 0.4) is 0 Å². The van der Waals surface area contributed by atoms with Gasteiger partial charge >= 0.3 is 0 Å². The molecule has 1 heterocycles. The molecule has 19 heavy (non-hydrogen) atoms. The summed E-state index contributed by atoms with van der Waals surface area (Å²) in [5.41, 5.74) is 1.47.